The molecule has 7 heteroatoms. The van der Waals surface area contributed by atoms with Gasteiger partial charge < -0.3 is 24.4 Å². The van der Waals surface area contributed by atoms with Crippen LogP contribution in [0.3, 0.4) is 0 Å². The van der Waals surface area contributed by atoms with Gasteiger partial charge in [0.05, 0.1) is 0 Å². The second-order valence-corrected chi connectivity index (χ2v) is 6.68. The summed E-state index contributed by atoms with van der Waals surface area (Å²) in [5.74, 6) is -0.846. The highest BCUT2D eigenvalue weighted by Crippen LogP contribution is 2.29. The Morgan fingerprint density at radius 3 is 2.78 bits per heavy atom. The number of hydrogen-bond acceptors (Lipinski definition) is 6. The summed E-state index contributed by atoms with van der Waals surface area (Å²) in [6.45, 7) is 0.327. The van der Waals surface area contributed by atoms with Crippen LogP contribution in [-0.4, -0.2) is 25.0 Å². The molecule has 144 valence electrons. The van der Waals surface area contributed by atoms with Gasteiger partial charge in [-0.05, 0) is 56.2 Å². The largest absolute Gasteiger partial charge is 0.550 e. The average molecular weight is 372 g/mol. The molecule has 2 aromatic rings. The molecule has 0 radical (unpaired) electrons. The highest BCUT2D eigenvalue weighted by atomic mass is 16.5. The predicted molar refractivity (Wildman–Crippen MR) is 96.5 cm³/mol. The van der Waals surface area contributed by atoms with Gasteiger partial charge in [-0.15, -0.1) is 0 Å². The third kappa shape index (κ3) is 4.87. The molecule has 0 spiro atoms. The molecule has 1 aromatic carbocycles. The summed E-state index contributed by atoms with van der Waals surface area (Å²) in [5.41, 5.74) is 2.02. The van der Waals surface area contributed by atoms with Crippen molar-refractivity contribution in [2.45, 2.75) is 44.9 Å². The Morgan fingerprint density at radius 2 is 1.96 bits per heavy atom. The number of unbranched alkanes of at least 4 members (excludes halogenated alkanes) is 2. The van der Waals surface area contributed by atoms with E-state index in [0.717, 1.165) is 35.8 Å². The number of carbonyl (C=O) groups is 2. The van der Waals surface area contributed by atoms with Crippen molar-refractivity contribution in [1.82, 2.24) is 5.32 Å². The molecule has 3 rings (SSSR count). The molecule has 1 aliphatic carbocycles. The number of aliphatic carboxylic acids is 1. The Bertz CT molecular complexity index is 901. The van der Waals surface area contributed by atoms with Crippen LogP contribution in [0.2, 0.25) is 0 Å². The Morgan fingerprint density at radius 1 is 1.15 bits per heavy atom. The van der Waals surface area contributed by atoms with Crippen LogP contribution in [0, 0.1) is 0 Å². The van der Waals surface area contributed by atoms with E-state index < -0.39 is 5.97 Å². The first kappa shape index (κ1) is 18.9. The molecule has 1 aliphatic rings. The minimum absolute atomic E-state index is 0.0400. The lowest BCUT2D eigenvalue weighted by atomic mass is 10.1. The van der Waals surface area contributed by atoms with Crippen LogP contribution in [0.5, 0.6) is 5.75 Å². The van der Waals surface area contributed by atoms with E-state index in [1.54, 1.807) is 12.1 Å². The Kier molecular flexibility index (Phi) is 6.11. The third-order valence-corrected chi connectivity index (χ3v) is 4.69. The van der Waals surface area contributed by atoms with Crippen molar-refractivity contribution >= 4 is 22.8 Å². The fourth-order valence-electron chi connectivity index (χ4n) is 3.35. The number of nitrogens with one attached hydrogen (secondary N) is 1. The number of amides is 1. The summed E-state index contributed by atoms with van der Waals surface area (Å²) in [7, 11) is 0. The Hall–Kier alpha value is -2.83. The van der Waals surface area contributed by atoms with Crippen molar-refractivity contribution in [3.8, 4) is 5.75 Å². The molecule has 7 nitrogen and oxygen atoms in total. The molecule has 0 bridgehead atoms. The molecular weight excluding hydrogens is 350 g/mol. The van der Waals surface area contributed by atoms with Crippen LogP contribution < -0.4 is 20.8 Å². The van der Waals surface area contributed by atoms with Gasteiger partial charge in [0.2, 0.25) is 0 Å². The molecule has 0 aliphatic heterocycles. The molecule has 0 saturated heterocycles. The highest BCUT2D eigenvalue weighted by molar-refractivity contribution is 5.83. The predicted octanol–water partition coefficient (Wildman–Crippen LogP) is 1.09. The lowest BCUT2D eigenvalue weighted by Crippen LogP contribution is -2.29. The van der Waals surface area contributed by atoms with Crippen LogP contribution in [-0.2, 0) is 22.4 Å². The number of ether oxygens (including phenoxy) is 1. The monoisotopic (exact) mass is 372 g/mol. The van der Waals surface area contributed by atoms with Gasteiger partial charge in [-0.25, -0.2) is 4.79 Å². The molecule has 1 amide bonds. The van der Waals surface area contributed by atoms with Gasteiger partial charge in [-0.2, -0.15) is 0 Å². The lowest BCUT2D eigenvalue weighted by Gasteiger charge is -2.09. The topological polar surface area (TPSA) is 109 Å². The number of rotatable bonds is 9. The van der Waals surface area contributed by atoms with Crippen molar-refractivity contribution < 1.29 is 23.8 Å². The second-order valence-electron chi connectivity index (χ2n) is 6.68. The summed E-state index contributed by atoms with van der Waals surface area (Å²) in [5, 5.41) is 13.9. The SMILES string of the molecule is O=C([O-])CCCCCNC(=O)COc1ccc2c3c(c(=O)oc2c1)CCC3. The number of benzene rings is 1. The highest BCUT2D eigenvalue weighted by Gasteiger charge is 2.19. The van der Waals surface area contributed by atoms with Crippen LogP contribution in [0.4, 0.5) is 0 Å². The number of carboxylic acids is 1. The maximum atomic E-state index is 12.0. The fraction of sp³-hybridized carbons (Fsp3) is 0.450. The summed E-state index contributed by atoms with van der Waals surface area (Å²) in [4.78, 5) is 34.1. The fourth-order valence-corrected chi connectivity index (χ4v) is 3.35. The van der Waals surface area contributed by atoms with E-state index in [1.165, 1.54) is 0 Å². The van der Waals surface area contributed by atoms with Gasteiger partial charge in [0.1, 0.15) is 11.3 Å². The van der Waals surface area contributed by atoms with E-state index in [-0.39, 0.29) is 24.6 Å². The first-order valence-corrected chi connectivity index (χ1v) is 9.22. The van der Waals surface area contributed by atoms with Gasteiger partial charge in [-0.1, -0.05) is 6.42 Å². The van der Waals surface area contributed by atoms with E-state index in [9.17, 15) is 19.5 Å². The minimum atomic E-state index is -1.05. The summed E-state index contributed by atoms with van der Waals surface area (Å²) in [6, 6.07) is 5.28. The number of hydrogen-bond donors (Lipinski definition) is 1. The Balaban J connectivity index is 1.49. The van der Waals surface area contributed by atoms with Crippen molar-refractivity contribution in [2.75, 3.05) is 13.2 Å². The third-order valence-electron chi connectivity index (χ3n) is 4.69. The van der Waals surface area contributed by atoms with Gasteiger partial charge in [0.15, 0.2) is 6.61 Å². The normalized spacial score (nSPS) is 12.7. The molecule has 0 saturated carbocycles. The van der Waals surface area contributed by atoms with Gasteiger partial charge in [0, 0.05) is 29.5 Å². The first-order chi connectivity index (χ1) is 13.0. The van der Waals surface area contributed by atoms with Gasteiger partial charge >= 0.3 is 5.63 Å². The van der Waals surface area contributed by atoms with Crippen molar-refractivity contribution in [2.24, 2.45) is 0 Å². The molecular formula is C20H22NO6-. The minimum Gasteiger partial charge on any atom is -0.550 e. The summed E-state index contributed by atoms with van der Waals surface area (Å²) < 4.78 is 10.9. The van der Waals surface area contributed by atoms with E-state index in [1.807, 2.05) is 6.07 Å². The summed E-state index contributed by atoms with van der Waals surface area (Å²) in [6.07, 6.45) is 4.60. The van der Waals surface area contributed by atoms with Crippen LogP contribution >= 0.6 is 0 Å². The van der Waals surface area contributed by atoms with E-state index in [4.69, 9.17) is 9.15 Å². The Labute approximate surface area is 156 Å². The molecule has 0 fully saturated rings. The van der Waals surface area contributed by atoms with Gasteiger partial charge in [0.25, 0.3) is 5.91 Å². The van der Waals surface area contributed by atoms with E-state index in [2.05, 4.69) is 5.32 Å². The maximum Gasteiger partial charge on any atom is 0.339 e. The molecule has 0 unspecified atom stereocenters. The van der Waals surface area contributed by atoms with Crippen LogP contribution in [0.1, 0.15) is 43.2 Å². The zero-order valence-electron chi connectivity index (χ0n) is 15.0. The smallest absolute Gasteiger partial charge is 0.339 e. The summed E-state index contributed by atoms with van der Waals surface area (Å²) >= 11 is 0. The number of fused-ring (bicyclic) bond motifs is 3. The second kappa shape index (κ2) is 8.70. The number of carboxylic acid groups (broad SMARTS) is 1. The average Bonchev–Trinajstić information content (AvgIpc) is 3.13. The molecule has 1 aromatic heterocycles. The van der Waals surface area contributed by atoms with Crippen molar-refractivity contribution in [3.63, 3.8) is 0 Å². The first-order valence-electron chi connectivity index (χ1n) is 9.22. The molecule has 1 heterocycles. The lowest BCUT2D eigenvalue weighted by molar-refractivity contribution is -0.305. The van der Waals surface area contributed by atoms with Crippen molar-refractivity contribution in [3.05, 3.63) is 39.7 Å². The van der Waals surface area contributed by atoms with E-state index in [0.29, 0.717) is 37.1 Å². The van der Waals surface area contributed by atoms with Gasteiger partial charge in [-0.3, -0.25) is 4.79 Å². The van der Waals surface area contributed by atoms with Crippen LogP contribution in [0.25, 0.3) is 11.0 Å². The van der Waals surface area contributed by atoms with E-state index >= 15 is 0 Å². The zero-order valence-corrected chi connectivity index (χ0v) is 15.0. The maximum absolute atomic E-state index is 12.0. The van der Waals surface area contributed by atoms with Crippen molar-refractivity contribution in [1.29, 1.82) is 0 Å². The standard InChI is InChI=1S/C20H23NO6/c22-18(21-10-3-1-2-7-19(23)24)12-26-13-8-9-15-14-5-4-6-16(14)20(25)27-17(15)11-13/h8-9,11H,1-7,10,12H2,(H,21,22)(H,23,24)/p-1. The van der Waals surface area contributed by atoms with Crippen LogP contribution in [0.15, 0.2) is 27.4 Å². The number of carbonyl (C=O) groups excluding carboxylic acids is 2. The quantitative estimate of drug-likeness (QED) is 0.521. The molecule has 1 N–H and O–H groups in total. The number of aryl methyl sites for hydroxylation is 1. The molecule has 0 atom stereocenters. The molecule has 27 heavy (non-hydrogen) atoms. The zero-order chi connectivity index (χ0) is 19.2.